The molecule has 17 heavy (non-hydrogen) atoms. The summed E-state index contributed by atoms with van der Waals surface area (Å²) >= 11 is 1.83. The van der Waals surface area contributed by atoms with Crippen LogP contribution in [0.25, 0.3) is 0 Å². The van der Waals surface area contributed by atoms with Crippen LogP contribution < -0.4 is 0 Å². The Kier molecular flexibility index (Phi) is 3.87. The highest BCUT2D eigenvalue weighted by Crippen LogP contribution is 2.36. The summed E-state index contributed by atoms with van der Waals surface area (Å²) in [7, 11) is 0. The van der Waals surface area contributed by atoms with Gasteiger partial charge < -0.3 is 4.90 Å². The number of fused-ring (bicyclic) bond motifs is 1. The Morgan fingerprint density at radius 3 is 3.00 bits per heavy atom. The Labute approximate surface area is 108 Å². The van der Waals surface area contributed by atoms with Gasteiger partial charge in [-0.1, -0.05) is 20.8 Å². The van der Waals surface area contributed by atoms with Crippen LogP contribution in [0.3, 0.4) is 0 Å². The Bertz CT molecular complexity index is 399. The molecular weight excluding hydrogens is 230 g/mol. The largest absolute Gasteiger partial charge is 0.335 e. The van der Waals surface area contributed by atoms with Crippen molar-refractivity contribution < 1.29 is 4.79 Å². The topological polar surface area (TPSA) is 20.3 Å². The Balaban J connectivity index is 2.23. The highest BCUT2D eigenvalue weighted by atomic mass is 32.1. The van der Waals surface area contributed by atoms with Crippen LogP contribution in [0.5, 0.6) is 0 Å². The van der Waals surface area contributed by atoms with Crippen LogP contribution in [-0.2, 0) is 11.2 Å². The van der Waals surface area contributed by atoms with Gasteiger partial charge in [0.15, 0.2) is 0 Å². The average Bonchev–Trinajstić information content (AvgIpc) is 2.83. The summed E-state index contributed by atoms with van der Waals surface area (Å²) in [6.45, 7) is 7.20. The summed E-state index contributed by atoms with van der Waals surface area (Å²) in [5, 5.41) is 2.16. The summed E-state index contributed by atoms with van der Waals surface area (Å²) in [4.78, 5) is 15.9. The molecule has 0 aliphatic carbocycles. The number of hydrogen-bond acceptors (Lipinski definition) is 2. The molecule has 0 saturated carbocycles. The van der Waals surface area contributed by atoms with Crippen LogP contribution in [0.15, 0.2) is 11.4 Å². The Hall–Kier alpha value is -0.830. The first-order valence-electron chi connectivity index (χ1n) is 6.55. The molecule has 1 amide bonds. The van der Waals surface area contributed by atoms with Crippen LogP contribution in [0.1, 0.15) is 50.1 Å². The van der Waals surface area contributed by atoms with Crippen molar-refractivity contribution in [1.29, 1.82) is 0 Å². The molecule has 2 rings (SSSR count). The van der Waals surface area contributed by atoms with Gasteiger partial charge in [0, 0.05) is 17.3 Å². The highest BCUT2D eigenvalue weighted by molar-refractivity contribution is 7.10. The summed E-state index contributed by atoms with van der Waals surface area (Å²) < 4.78 is 0. The van der Waals surface area contributed by atoms with Gasteiger partial charge in [-0.05, 0) is 36.3 Å². The number of nitrogens with zero attached hydrogens (tertiary/aromatic N) is 1. The molecule has 1 aromatic rings. The minimum Gasteiger partial charge on any atom is -0.335 e. The molecule has 1 aromatic heterocycles. The molecule has 1 aliphatic heterocycles. The quantitative estimate of drug-likeness (QED) is 0.803. The van der Waals surface area contributed by atoms with Gasteiger partial charge in [0.05, 0.1) is 6.04 Å². The second kappa shape index (κ2) is 5.21. The molecule has 94 valence electrons. The van der Waals surface area contributed by atoms with Crippen molar-refractivity contribution in [2.24, 2.45) is 5.92 Å². The summed E-state index contributed by atoms with van der Waals surface area (Å²) in [5.41, 5.74) is 1.39. The zero-order chi connectivity index (χ0) is 12.4. The fraction of sp³-hybridized carbons (Fsp3) is 0.643. The molecule has 1 aliphatic rings. The molecular formula is C14H21NOS. The van der Waals surface area contributed by atoms with Crippen molar-refractivity contribution >= 4 is 17.2 Å². The molecule has 0 N–H and O–H groups in total. The third-order valence-electron chi connectivity index (χ3n) is 3.80. The second-order valence-corrected chi connectivity index (χ2v) is 5.81. The average molecular weight is 251 g/mol. The van der Waals surface area contributed by atoms with E-state index in [1.54, 1.807) is 0 Å². The Morgan fingerprint density at radius 2 is 2.35 bits per heavy atom. The normalized spacial score (nSPS) is 21.1. The molecule has 0 aromatic carbocycles. The molecule has 3 heteroatoms. The SMILES string of the molecule is CC[C@H](C)C(=O)N1CCc2sccc2[C@@H]1CC. The molecule has 2 atom stereocenters. The van der Waals surface area contributed by atoms with Gasteiger partial charge in [-0.25, -0.2) is 0 Å². The van der Waals surface area contributed by atoms with E-state index in [2.05, 4.69) is 30.2 Å². The van der Waals surface area contributed by atoms with E-state index in [1.807, 2.05) is 18.3 Å². The van der Waals surface area contributed by atoms with Crippen LogP contribution in [0, 0.1) is 5.92 Å². The fourth-order valence-corrected chi connectivity index (χ4v) is 3.49. The van der Waals surface area contributed by atoms with Crippen molar-refractivity contribution in [3.05, 3.63) is 21.9 Å². The van der Waals surface area contributed by atoms with E-state index in [9.17, 15) is 4.79 Å². The number of carbonyl (C=O) groups is 1. The van der Waals surface area contributed by atoms with Crippen LogP contribution >= 0.6 is 11.3 Å². The van der Waals surface area contributed by atoms with E-state index in [4.69, 9.17) is 0 Å². The first kappa shape index (κ1) is 12.6. The number of thiophene rings is 1. The van der Waals surface area contributed by atoms with Crippen molar-refractivity contribution in [2.75, 3.05) is 6.54 Å². The lowest BCUT2D eigenvalue weighted by Gasteiger charge is -2.37. The first-order valence-corrected chi connectivity index (χ1v) is 7.43. The molecule has 0 bridgehead atoms. The second-order valence-electron chi connectivity index (χ2n) is 4.81. The van der Waals surface area contributed by atoms with Gasteiger partial charge in [0.25, 0.3) is 0 Å². The number of amides is 1. The van der Waals surface area contributed by atoms with Gasteiger partial charge in [-0.2, -0.15) is 0 Å². The highest BCUT2D eigenvalue weighted by Gasteiger charge is 2.31. The maximum atomic E-state index is 12.4. The standard InChI is InChI=1S/C14H21NOS/c1-4-10(3)14(16)15-8-6-13-11(7-9-17-13)12(15)5-2/h7,9-10,12H,4-6,8H2,1-3H3/t10-,12-/m0/s1. The van der Waals surface area contributed by atoms with Gasteiger partial charge in [0.1, 0.15) is 0 Å². The summed E-state index contributed by atoms with van der Waals surface area (Å²) in [6.07, 6.45) is 2.99. The lowest BCUT2D eigenvalue weighted by molar-refractivity contribution is -0.138. The zero-order valence-corrected chi connectivity index (χ0v) is 11.7. The van der Waals surface area contributed by atoms with Gasteiger partial charge in [-0.3, -0.25) is 4.79 Å². The van der Waals surface area contributed by atoms with Crippen molar-refractivity contribution in [3.8, 4) is 0 Å². The summed E-state index contributed by atoms with van der Waals surface area (Å²) in [6, 6.07) is 2.51. The molecule has 2 nitrogen and oxygen atoms in total. The van der Waals surface area contributed by atoms with E-state index >= 15 is 0 Å². The van der Waals surface area contributed by atoms with Crippen LogP contribution in [0.4, 0.5) is 0 Å². The smallest absolute Gasteiger partial charge is 0.225 e. The van der Waals surface area contributed by atoms with E-state index in [0.717, 1.165) is 25.8 Å². The van der Waals surface area contributed by atoms with E-state index < -0.39 is 0 Å². The molecule has 0 spiro atoms. The van der Waals surface area contributed by atoms with Crippen molar-refractivity contribution in [2.45, 2.75) is 46.1 Å². The van der Waals surface area contributed by atoms with Gasteiger partial charge >= 0.3 is 0 Å². The predicted molar refractivity (Wildman–Crippen MR) is 72.2 cm³/mol. The monoisotopic (exact) mass is 251 g/mol. The molecule has 0 radical (unpaired) electrons. The first-order chi connectivity index (χ1) is 8.19. The lowest BCUT2D eigenvalue weighted by atomic mass is 9.95. The maximum Gasteiger partial charge on any atom is 0.225 e. The van der Waals surface area contributed by atoms with Crippen molar-refractivity contribution in [1.82, 2.24) is 4.90 Å². The van der Waals surface area contributed by atoms with Crippen LogP contribution in [0.2, 0.25) is 0 Å². The van der Waals surface area contributed by atoms with E-state index in [0.29, 0.717) is 11.9 Å². The minimum atomic E-state index is 0.157. The van der Waals surface area contributed by atoms with Gasteiger partial charge in [0.2, 0.25) is 5.91 Å². The van der Waals surface area contributed by atoms with Crippen molar-refractivity contribution in [3.63, 3.8) is 0 Å². The molecule has 0 unspecified atom stereocenters. The lowest BCUT2D eigenvalue weighted by Crippen LogP contribution is -2.41. The maximum absolute atomic E-state index is 12.4. The number of rotatable bonds is 3. The van der Waals surface area contributed by atoms with Gasteiger partial charge in [-0.15, -0.1) is 11.3 Å². The molecule has 0 fully saturated rings. The third-order valence-corrected chi connectivity index (χ3v) is 4.80. The molecule has 2 heterocycles. The predicted octanol–water partition coefficient (Wildman–Crippen LogP) is 3.63. The van der Waals surface area contributed by atoms with Crippen LogP contribution in [-0.4, -0.2) is 17.4 Å². The minimum absolute atomic E-state index is 0.157. The van der Waals surface area contributed by atoms with E-state index in [1.165, 1.54) is 10.4 Å². The molecule has 0 saturated heterocycles. The zero-order valence-electron chi connectivity index (χ0n) is 10.9. The Morgan fingerprint density at radius 1 is 1.59 bits per heavy atom. The third kappa shape index (κ3) is 2.25. The summed E-state index contributed by atoms with van der Waals surface area (Å²) in [5.74, 6) is 0.487. The fourth-order valence-electron chi connectivity index (χ4n) is 2.56. The number of hydrogen-bond donors (Lipinski definition) is 0. The number of carbonyl (C=O) groups excluding carboxylic acids is 1. The van der Waals surface area contributed by atoms with E-state index in [-0.39, 0.29) is 5.92 Å².